The first kappa shape index (κ1) is 23.9. The van der Waals surface area contributed by atoms with Crippen molar-refractivity contribution in [1.29, 1.82) is 0 Å². The van der Waals surface area contributed by atoms with Gasteiger partial charge in [-0.25, -0.2) is 0 Å². The molecule has 13 heteroatoms. The molecule has 2 heterocycles. The van der Waals surface area contributed by atoms with Crippen LogP contribution in [0.1, 0.15) is 28.6 Å². The van der Waals surface area contributed by atoms with Crippen LogP contribution in [0, 0.1) is 0 Å². The predicted molar refractivity (Wildman–Crippen MR) is 115 cm³/mol. The summed E-state index contributed by atoms with van der Waals surface area (Å²) < 4.78 is 56.7. The first-order chi connectivity index (χ1) is 16.7. The van der Waals surface area contributed by atoms with E-state index < -0.39 is 23.9 Å². The third kappa shape index (κ3) is 5.45. The average molecular weight is 492 g/mol. The lowest BCUT2D eigenvalue weighted by atomic mass is 10.1. The summed E-state index contributed by atoms with van der Waals surface area (Å²) in [5.74, 6) is -0.680. The minimum absolute atomic E-state index is 0.0477. The number of anilines is 2. The Bertz CT molecular complexity index is 1230. The monoisotopic (exact) mass is 492 g/mol. The van der Waals surface area contributed by atoms with Gasteiger partial charge in [0.2, 0.25) is 11.8 Å². The minimum atomic E-state index is -4.80. The van der Waals surface area contributed by atoms with Crippen molar-refractivity contribution >= 4 is 23.5 Å². The first-order valence-corrected chi connectivity index (χ1v) is 10.2. The summed E-state index contributed by atoms with van der Waals surface area (Å²) in [5, 5.41) is 10.2. The van der Waals surface area contributed by atoms with Crippen molar-refractivity contribution < 1.29 is 41.4 Å². The van der Waals surface area contributed by atoms with Gasteiger partial charge < -0.3 is 23.5 Å². The highest BCUT2D eigenvalue weighted by Crippen LogP contribution is 2.33. The molecule has 1 aliphatic rings. The van der Waals surface area contributed by atoms with E-state index in [0.717, 1.165) is 12.1 Å². The summed E-state index contributed by atoms with van der Waals surface area (Å²) in [7, 11) is 2.92. The molecule has 184 valence electrons. The Balaban J connectivity index is 1.41. The van der Waals surface area contributed by atoms with E-state index in [1.165, 1.54) is 43.4 Å². The molecule has 0 aliphatic carbocycles. The minimum Gasteiger partial charge on any atom is -0.493 e. The zero-order valence-corrected chi connectivity index (χ0v) is 18.5. The zero-order valence-electron chi connectivity index (χ0n) is 18.5. The average Bonchev–Trinajstić information content (AvgIpc) is 3.44. The van der Waals surface area contributed by atoms with Gasteiger partial charge in [0.05, 0.1) is 20.1 Å². The molecule has 0 spiro atoms. The number of nitrogens with one attached hydrogen (secondary N) is 1. The number of hydrogen-bond donors (Lipinski definition) is 1. The summed E-state index contributed by atoms with van der Waals surface area (Å²) in [6.07, 6.45) is -4.76. The van der Waals surface area contributed by atoms with Crippen LogP contribution in [0.3, 0.4) is 0 Å². The summed E-state index contributed by atoms with van der Waals surface area (Å²) >= 11 is 0. The molecule has 0 radical (unpaired) electrons. The quantitative estimate of drug-likeness (QED) is 0.530. The summed E-state index contributed by atoms with van der Waals surface area (Å²) in [5.41, 5.74) is 0.663. The summed E-state index contributed by atoms with van der Waals surface area (Å²) in [6, 6.07) is 9.40. The van der Waals surface area contributed by atoms with E-state index in [2.05, 4.69) is 20.3 Å². The first-order valence-electron chi connectivity index (χ1n) is 10.2. The van der Waals surface area contributed by atoms with Crippen LogP contribution < -0.4 is 24.4 Å². The van der Waals surface area contributed by atoms with E-state index in [0.29, 0.717) is 17.2 Å². The Kier molecular flexibility index (Phi) is 6.49. The van der Waals surface area contributed by atoms with Crippen LogP contribution in [-0.2, 0) is 4.79 Å². The number of rotatable bonds is 7. The number of hydrogen-bond acceptors (Lipinski definition) is 8. The molecular formula is C22H19F3N4O6. The molecule has 0 saturated carbocycles. The SMILES string of the molecule is COc1ccc(C(=O)Nc2nnc(C3CC(=O)N(c4ccc(OC(F)(F)F)cc4)C3)o2)cc1OC. The third-order valence-electron chi connectivity index (χ3n) is 5.16. The van der Waals surface area contributed by atoms with Crippen LogP contribution in [0.25, 0.3) is 0 Å². The van der Waals surface area contributed by atoms with Crippen molar-refractivity contribution in [3.05, 3.63) is 53.9 Å². The largest absolute Gasteiger partial charge is 0.573 e. The number of methoxy groups -OCH3 is 2. The Morgan fingerprint density at radius 1 is 1.09 bits per heavy atom. The van der Waals surface area contributed by atoms with Gasteiger partial charge in [0.15, 0.2) is 11.5 Å². The normalized spacial score (nSPS) is 15.7. The van der Waals surface area contributed by atoms with Gasteiger partial charge in [0, 0.05) is 24.2 Å². The van der Waals surface area contributed by atoms with Crippen LogP contribution in [-0.4, -0.2) is 49.1 Å². The molecule has 3 aromatic rings. The summed E-state index contributed by atoms with van der Waals surface area (Å²) in [6.45, 7) is 0.170. The fourth-order valence-corrected chi connectivity index (χ4v) is 3.55. The molecule has 1 unspecified atom stereocenters. The lowest BCUT2D eigenvalue weighted by Gasteiger charge is -2.17. The maximum Gasteiger partial charge on any atom is 0.573 e. The predicted octanol–water partition coefficient (Wildman–Crippen LogP) is 3.76. The fraction of sp³-hybridized carbons (Fsp3) is 0.273. The van der Waals surface area contributed by atoms with E-state index in [-0.39, 0.29) is 36.3 Å². The van der Waals surface area contributed by atoms with Gasteiger partial charge in [-0.05, 0) is 42.5 Å². The van der Waals surface area contributed by atoms with Crippen molar-refractivity contribution in [3.8, 4) is 17.2 Å². The second-order valence-electron chi connectivity index (χ2n) is 7.42. The number of aromatic nitrogens is 2. The number of carbonyl (C=O) groups excluding carboxylic acids is 2. The second-order valence-corrected chi connectivity index (χ2v) is 7.42. The van der Waals surface area contributed by atoms with Gasteiger partial charge >= 0.3 is 12.4 Å². The second kappa shape index (κ2) is 9.52. The van der Waals surface area contributed by atoms with E-state index in [1.54, 1.807) is 6.07 Å². The van der Waals surface area contributed by atoms with Crippen LogP contribution in [0.2, 0.25) is 0 Å². The van der Waals surface area contributed by atoms with Gasteiger partial charge in [0.1, 0.15) is 5.75 Å². The van der Waals surface area contributed by atoms with Gasteiger partial charge in [-0.15, -0.1) is 18.3 Å². The highest BCUT2D eigenvalue weighted by molar-refractivity contribution is 6.03. The van der Waals surface area contributed by atoms with Crippen LogP contribution in [0.4, 0.5) is 24.9 Å². The molecule has 2 amide bonds. The number of amides is 2. The maximum absolute atomic E-state index is 12.5. The molecule has 10 nitrogen and oxygen atoms in total. The lowest BCUT2D eigenvalue weighted by Crippen LogP contribution is -2.24. The number of halogens is 3. The van der Waals surface area contributed by atoms with Crippen molar-refractivity contribution in [2.24, 2.45) is 0 Å². The van der Waals surface area contributed by atoms with Gasteiger partial charge in [-0.2, -0.15) is 0 Å². The van der Waals surface area contributed by atoms with Crippen molar-refractivity contribution in [2.45, 2.75) is 18.7 Å². The van der Waals surface area contributed by atoms with Crippen molar-refractivity contribution in [3.63, 3.8) is 0 Å². The molecule has 1 aliphatic heterocycles. The van der Waals surface area contributed by atoms with Crippen molar-refractivity contribution in [1.82, 2.24) is 10.2 Å². The van der Waals surface area contributed by atoms with Crippen molar-refractivity contribution in [2.75, 3.05) is 31.0 Å². The maximum atomic E-state index is 12.5. The Morgan fingerprint density at radius 3 is 2.46 bits per heavy atom. The summed E-state index contributed by atoms with van der Waals surface area (Å²) in [4.78, 5) is 26.4. The van der Waals surface area contributed by atoms with E-state index in [1.807, 2.05) is 0 Å². The number of ether oxygens (including phenoxy) is 3. The Hall–Kier alpha value is -4.29. The van der Waals surface area contributed by atoms with Gasteiger partial charge in [-0.1, -0.05) is 5.10 Å². The molecule has 1 atom stereocenters. The molecule has 1 N–H and O–H groups in total. The molecule has 1 aromatic heterocycles. The fourth-order valence-electron chi connectivity index (χ4n) is 3.55. The van der Waals surface area contributed by atoms with Gasteiger partial charge in [-0.3, -0.25) is 14.9 Å². The molecular weight excluding hydrogens is 473 g/mol. The standard InChI is InChI=1S/C22H19F3N4O6/c1-32-16-8-3-12(9-17(16)33-2)19(31)26-21-28-27-20(34-21)13-10-18(30)29(11-13)14-4-6-15(7-5-14)35-22(23,24)25/h3-9,13H,10-11H2,1-2H3,(H,26,28,31). The molecule has 1 fully saturated rings. The topological polar surface area (TPSA) is 116 Å². The van der Waals surface area contributed by atoms with E-state index >= 15 is 0 Å². The number of alkyl halides is 3. The Labute approximate surface area is 196 Å². The number of nitrogens with zero attached hydrogens (tertiary/aromatic N) is 3. The molecule has 0 bridgehead atoms. The lowest BCUT2D eigenvalue weighted by molar-refractivity contribution is -0.274. The van der Waals surface area contributed by atoms with E-state index in [9.17, 15) is 22.8 Å². The van der Waals surface area contributed by atoms with E-state index in [4.69, 9.17) is 13.9 Å². The zero-order chi connectivity index (χ0) is 25.2. The molecule has 4 rings (SSSR count). The molecule has 2 aromatic carbocycles. The number of carbonyl (C=O) groups is 2. The van der Waals surface area contributed by atoms with Crippen LogP contribution in [0.5, 0.6) is 17.2 Å². The third-order valence-corrected chi connectivity index (χ3v) is 5.16. The number of benzene rings is 2. The van der Waals surface area contributed by atoms with Gasteiger partial charge in [0.25, 0.3) is 5.91 Å². The highest BCUT2D eigenvalue weighted by atomic mass is 19.4. The molecule has 35 heavy (non-hydrogen) atoms. The van der Waals surface area contributed by atoms with Crippen LogP contribution >= 0.6 is 0 Å². The van der Waals surface area contributed by atoms with Crippen LogP contribution in [0.15, 0.2) is 46.9 Å². The Morgan fingerprint density at radius 2 is 1.80 bits per heavy atom. The highest BCUT2D eigenvalue weighted by Gasteiger charge is 2.35. The smallest absolute Gasteiger partial charge is 0.493 e. The molecule has 1 saturated heterocycles.